The van der Waals surface area contributed by atoms with E-state index in [1.165, 1.54) is 35.1 Å². The molecule has 0 saturated carbocycles. The summed E-state index contributed by atoms with van der Waals surface area (Å²) in [6.45, 7) is 8.59. The number of hydrogen-bond donors (Lipinski definition) is 1. The van der Waals surface area contributed by atoms with Gasteiger partial charge in [-0.1, -0.05) is 51.1 Å². The number of benzene rings is 2. The molecule has 1 aliphatic carbocycles. The standard InChI is InChI=1S/C22H27NO/c1-15(18-9-8-16-6-5-7-19(16)14-18)23-21(24)17-10-12-20(13-11-17)22(2,3)4/h8-15H,5-7H2,1-4H3,(H,23,24)/t15-/m0/s1. The van der Waals surface area contributed by atoms with E-state index in [0.29, 0.717) is 0 Å². The molecule has 2 nitrogen and oxygen atoms in total. The van der Waals surface area contributed by atoms with Crippen molar-refractivity contribution in [1.29, 1.82) is 0 Å². The summed E-state index contributed by atoms with van der Waals surface area (Å²) in [5.41, 5.74) is 6.17. The van der Waals surface area contributed by atoms with Gasteiger partial charge in [0.1, 0.15) is 0 Å². The van der Waals surface area contributed by atoms with Crippen LogP contribution in [-0.2, 0) is 18.3 Å². The third-order valence-electron chi connectivity index (χ3n) is 4.98. The predicted octanol–water partition coefficient (Wildman–Crippen LogP) is 4.96. The highest BCUT2D eigenvalue weighted by Gasteiger charge is 2.17. The molecule has 24 heavy (non-hydrogen) atoms. The average molecular weight is 321 g/mol. The van der Waals surface area contributed by atoms with Gasteiger partial charge in [-0.05, 0) is 66.0 Å². The van der Waals surface area contributed by atoms with E-state index >= 15 is 0 Å². The van der Waals surface area contributed by atoms with Gasteiger partial charge < -0.3 is 5.32 Å². The van der Waals surface area contributed by atoms with Crippen molar-refractivity contribution >= 4 is 5.91 Å². The number of carbonyl (C=O) groups is 1. The monoisotopic (exact) mass is 321 g/mol. The van der Waals surface area contributed by atoms with Crippen LogP contribution in [0.3, 0.4) is 0 Å². The summed E-state index contributed by atoms with van der Waals surface area (Å²) >= 11 is 0. The van der Waals surface area contributed by atoms with Crippen molar-refractivity contribution in [2.24, 2.45) is 0 Å². The zero-order chi connectivity index (χ0) is 17.3. The topological polar surface area (TPSA) is 29.1 Å². The van der Waals surface area contributed by atoms with Crippen LogP contribution in [0.5, 0.6) is 0 Å². The van der Waals surface area contributed by atoms with E-state index in [9.17, 15) is 4.79 Å². The summed E-state index contributed by atoms with van der Waals surface area (Å²) in [7, 11) is 0. The van der Waals surface area contributed by atoms with Crippen LogP contribution in [-0.4, -0.2) is 5.91 Å². The second kappa shape index (κ2) is 6.43. The van der Waals surface area contributed by atoms with Crippen LogP contribution in [0.1, 0.15) is 72.8 Å². The Hall–Kier alpha value is -2.09. The molecule has 0 unspecified atom stereocenters. The molecule has 126 valence electrons. The van der Waals surface area contributed by atoms with Crippen LogP contribution in [0.25, 0.3) is 0 Å². The van der Waals surface area contributed by atoms with Crippen molar-refractivity contribution in [3.05, 3.63) is 70.3 Å². The van der Waals surface area contributed by atoms with E-state index < -0.39 is 0 Å². The molecular weight excluding hydrogens is 294 g/mol. The first kappa shape index (κ1) is 16.8. The molecule has 1 aliphatic rings. The SMILES string of the molecule is C[C@H](NC(=O)c1ccc(C(C)(C)C)cc1)c1ccc2c(c1)CCC2. The number of nitrogens with one attached hydrogen (secondary N) is 1. The van der Waals surface area contributed by atoms with Crippen LogP contribution in [0.4, 0.5) is 0 Å². The average Bonchev–Trinajstić information content (AvgIpc) is 3.01. The van der Waals surface area contributed by atoms with Gasteiger partial charge in [-0.3, -0.25) is 4.79 Å². The Morgan fingerprint density at radius 1 is 1.00 bits per heavy atom. The predicted molar refractivity (Wildman–Crippen MR) is 99.5 cm³/mol. The molecule has 2 aromatic rings. The summed E-state index contributed by atoms with van der Waals surface area (Å²) in [6, 6.07) is 14.6. The first-order valence-corrected chi connectivity index (χ1v) is 8.88. The lowest BCUT2D eigenvalue weighted by Crippen LogP contribution is -2.26. The van der Waals surface area contributed by atoms with E-state index in [0.717, 1.165) is 12.0 Å². The Morgan fingerprint density at radius 3 is 2.33 bits per heavy atom. The molecule has 3 rings (SSSR count). The highest BCUT2D eigenvalue weighted by Crippen LogP contribution is 2.26. The lowest BCUT2D eigenvalue weighted by atomic mass is 9.86. The molecule has 0 spiro atoms. The van der Waals surface area contributed by atoms with Crippen molar-refractivity contribution in [3.8, 4) is 0 Å². The van der Waals surface area contributed by atoms with E-state index in [1.54, 1.807) is 0 Å². The summed E-state index contributed by atoms with van der Waals surface area (Å²) in [4.78, 5) is 12.5. The normalized spacial score (nSPS) is 15.0. The molecule has 0 aliphatic heterocycles. The minimum Gasteiger partial charge on any atom is -0.346 e. The van der Waals surface area contributed by atoms with E-state index in [4.69, 9.17) is 0 Å². The number of amides is 1. The zero-order valence-corrected chi connectivity index (χ0v) is 15.1. The van der Waals surface area contributed by atoms with E-state index in [-0.39, 0.29) is 17.4 Å². The third kappa shape index (κ3) is 3.53. The highest BCUT2D eigenvalue weighted by molar-refractivity contribution is 5.94. The molecule has 0 fully saturated rings. The van der Waals surface area contributed by atoms with Gasteiger partial charge in [0.05, 0.1) is 6.04 Å². The minimum atomic E-state index is -0.0107. The smallest absolute Gasteiger partial charge is 0.251 e. The fourth-order valence-electron chi connectivity index (χ4n) is 3.35. The number of hydrogen-bond acceptors (Lipinski definition) is 1. The number of carbonyl (C=O) groups excluding carboxylic acids is 1. The van der Waals surface area contributed by atoms with E-state index in [1.807, 2.05) is 12.1 Å². The van der Waals surface area contributed by atoms with Gasteiger partial charge in [0.2, 0.25) is 0 Å². The maximum absolute atomic E-state index is 12.5. The Bertz CT molecular complexity index is 738. The lowest BCUT2D eigenvalue weighted by molar-refractivity contribution is 0.0940. The quantitative estimate of drug-likeness (QED) is 0.850. The van der Waals surface area contributed by atoms with Crippen molar-refractivity contribution in [1.82, 2.24) is 5.32 Å². The molecule has 2 aromatic carbocycles. The van der Waals surface area contributed by atoms with Crippen molar-refractivity contribution in [3.63, 3.8) is 0 Å². The summed E-state index contributed by atoms with van der Waals surface area (Å²) in [5.74, 6) is -0.0107. The van der Waals surface area contributed by atoms with Crippen LogP contribution in [0.15, 0.2) is 42.5 Å². The van der Waals surface area contributed by atoms with Crippen LogP contribution >= 0.6 is 0 Å². The fourth-order valence-corrected chi connectivity index (χ4v) is 3.35. The first-order chi connectivity index (χ1) is 11.3. The molecule has 2 heteroatoms. The molecule has 1 N–H and O–H groups in total. The molecule has 0 aromatic heterocycles. The molecule has 0 heterocycles. The Labute approximate surface area is 145 Å². The van der Waals surface area contributed by atoms with Gasteiger partial charge in [0, 0.05) is 5.56 Å². The maximum atomic E-state index is 12.5. The Morgan fingerprint density at radius 2 is 1.67 bits per heavy atom. The fraction of sp³-hybridized carbons (Fsp3) is 0.409. The van der Waals surface area contributed by atoms with Gasteiger partial charge in [-0.2, -0.15) is 0 Å². The first-order valence-electron chi connectivity index (χ1n) is 8.88. The van der Waals surface area contributed by atoms with Gasteiger partial charge in [-0.25, -0.2) is 0 Å². The minimum absolute atomic E-state index is 0.0107. The highest BCUT2D eigenvalue weighted by atomic mass is 16.1. The molecule has 1 atom stereocenters. The van der Waals surface area contributed by atoms with Crippen molar-refractivity contribution in [2.45, 2.75) is 58.4 Å². The van der Waals surface area contributed by atoms with Gasteiger partial charge in [-0.15, -0.1) is 0 Å². The molecule has 0 radical (unpaired) electrons. The van der Waals surface area contributed by atoms with Crippen molar-refractivity contribution in [2.75, 3.05) is 0 Å². The van der Waals surface area contributed by atoms with Crippen LogP contribution in [0, 0.1) is 0 Å². The van der Waals surface area contributed by atoms with Gasteiger partial charge in [0.15, 0.2) is 0 Å². The lowest BCUT2D eigenvalue weighted by Gasteiger charge is -2.19. The molecule has 0 saturated heterocycles. The summed E-state index contributed by atoms with van der Waals surface area (Å²) in [5, 5.41) is 3.12. The molecule has 0 bridgehead atoms. The Kier molecular flexibility index (Phi) is 4.49. The number of fused-ring (bicyclic) bond motifs is 1. The van der Waals surface area contributed by atoms with E-state index in [2.05, 4.69) is 63.3 Å². The maximum Gasteiger partial charge on any atom is 0.251 e. The van der Waals surface area contributed by atoms with Gasteiger partial charge >= 0.3 is 0 Å². The number of rotatable bonds is 3. The Balaban J connectivity index is 1.70. The number of aryl methyl sites for hydroxylation is 2. The largest absolute Gasteiger partial charge is 0.346 e. The zero-order valence-electron chi connectivity index (χ0n) is 15.1. The molecular formula is C22H27NO. The van der Waals surface area contributed by atoms with Crippen LogP contribution < -0.4 is 5.32 Å². The van der Waals surface area contributed by atoms with Crippen LogP contribution in [0.2, 0.25) is 0 Å². The van der Waals surface area contributed by atoms with Crippen molar-refractivity contribution < 1.29 is 4.79 Å². The van der Waals surface area contributed by atoms with Gasteiger partial charge in [0.25, 0.3) is 5.91 Å². The second-order valence-electron chi connectivity index (χ2n) is 7.90. The second-order valence-corrected chi connectivity index (χ2v) is 7.90. The summed E-state index contributed by atoms with van der Waals surface area (Å²) in [6.07, 6.45) is 3.61. The molecule has 1 amide bonds. The summed E-state index contributed by atoms with van der Waals surface area (Å²) < 4.78 is 0. The third-order valence-corrected chi connectivity index (χ3v) is 4.98.